The molecule has 0 spiro atoms. The van der Waals surface area contributed by atoms with Gasteiger partial charge in [-0.3, -0.25) is 0 Å². The monoisotopic (exact) mass is 321 g/mol. The first-order valence-corrected chi connectivity index (χ1v) is 7.11. The number of ether oxygens (including phenoxy) is 1. The van der Waals surface area contributed by atoms with E-state index in [1.165, 1.54) is 10.9 Å². The lowest BCUT2D eigenvalue weighted by molar-refractivity contribution is 0.134. The number of aromatic nitrogens is 3. The Morgan fingerprint density at radius 1 is 1.12 bits per heavy atom. The maximum atomic E-state index is 10.6. The van der Waals surface area contributed by atoms with Crippen LogP contribution in [0.25, 0.3) is 27.9 Å². The molecule has 0 amide bonds. The van der Waals surface area contributed by atoms with E-state index < -0.39 is 6.16 Å². The lowest BCUT2D eigenvalue weighted by Gasteiger charge is -1.99. The minimum Gasteiger partial charge on any atom is -0.449 e. The summed E-state index contributed by atoms with van der Waals surface area (Å²) in [7, 11) is 0. The van der Waals surface area contributed by atoms with E-state index >= 15 is 0 Å². The Labute approximate surface area is 135 Å². The highest BCUT2D eigenvalue weighted by molar-refractivity contribution is 5.81. The predicted octanol–water partition coefficient (Wildman–Crippen LogP) is 3.74. The molecule has 0 unspecified atom stereocenters. The number of rotatable bonds is 3. The summed E-state index contributed by atoms with van der Waals surface area (Å²) in [4.78, 5) is 12.1. The molecule has 0 aliphatic carbocycles. The summed E-state index contributed by atoms with van der Waals surface area (Å²) in [6, 6.07) is 16.6. The highest BCUT2D eigenvalue weighted by Crippen LogP contribution is 2.27. The summed E-state index contributed by atoms with van der Waals surface area (Å²) >= 11 is 0. The van der Waals surface area contributed by atoms with Gasteiger partial charge in [0.25, 0.3) is 5.95 Å². The maximum absolute atomic E-state index is 10.6. The molecule has 1 N–H and O–H groups in total. The Morgan fingerprint density at radius 2 is 1.96 bits per heavy atom. The Bertz CT molecular complexity index is 1020. The fourth-order valence-corrected chi connectivity index (χ4v) is 2.38. The van der Waals surface area contributed by atoms with Gasteiger partial charge >= 0.3 is 6.16 Å². The van der Waals surface area contributed by atoms with Crippen molar-refractivity contribution in [2.75, 3.05) is 0 Å². The zero-order chi connectivity index (χ0) is 16.5. The van der Waals surface area contributed by atoms with Crippen LogP contribution < -0.4 is 4.74 Å². The fraction of sp³-hybridized carbons (Fsp3) is 0. The predicted molar refractivity (Wildman–Crippen MR) is 85.2 cm³/mol. The van der Waals surface area contributed by atoms with Gasteiger partial charge in [-0.05, 0) is 12.1 Å². The number of hydrogen-bond acceptors (Lipinski definition) is 5. The summed E-state index contributed by atoms with van der Waals surface area (Å²) in [5.41, 5.74) is 2.91. The zero-order valence-corrected chi connectivity index (χ0v) is 12.3. The summed E-state index contributed by atoms with van der Waals surface area (Å²) in [5.74, 6) is -0.0759. The van der Waals surface area contributed by atoms with Crippen LogP contribution in [0.1, 0.15) is 0 Å². The number of nitrogens with zero attached hydrogens (tertiary/aromatic N) is 3. The van der Waals surface area contributed by atoms with Crippen LogP contribution in [0, 0.1) is 0 Å². The van der Waals surface area contributed by atoms with Gasteiger partial charge < -0.3 is 14.3 Å². The number of hydrogen-bond donors (Lipinski definition) is 1. The maximum Gasteiger partial charge on any atom is 0.513 e. The number of fused-ring (bicyclic) bond motifs is 1. The van der Waals surface area contributed by atoms with Crippen LogP contribution in [-0.2, 0) is 0 Å². The smallest absolute Gasteiger partial charge is 0.449 e. The Morgan fingerprint density at radius 3 is 2.75 bits per heavy atom. The van der Waals surface area contributed by atoms with Gasteiger partial charge in [0.05, 0.1) is 11.9 Å². The molecule has 4 rings (SSSR count). The van der Waals surface area contributed by atoms with Crippen molar-refractivity contribution in [2.45, 2.75) is 0 Å². The lowest BCUT2D eigenvalue weighted by atomic mass is 10.2. The Balaban J connectivity index is 1.69. The van der Waals surface area contributed by atoms with Gasteiger partial charge in [-0.1, -0.05) is 30.3 Å². The standard InChI is InChI=1S/C17H11N3O4/c21-17(22)24-16-8-12-6-7-13(9-15(12)23-16)20-18-10-14(19-20)11-4-2-1-3-5-11/h1-10H,(H,21,22). The van der Waals surface area contributed by atoms with Gasteiger partial charge in [-0.25, -0.2) is 4.79 Å². The van der Waals surface area contributed by atoms with E-state index in [9.17, 15) is 4.79 Å². The summed E-state index contributed by atoms with van der Waals surface area (Å²) in [5, 5.41) is 18.1. The molecule has 7 nitrogen and oxygen atoms in total. The molecule has 0 fully saturated rings. The van der Waals surface area contributed by atoms with Gasteiger partial charge in [-0.2, -0.15) is 9.90 Å². The van der Waals surface area contributed by atoms with Crippen LogP contribution in [0.2, 0.25) is 0 Å². The molecule has 0 saturated heterocycles. The summed E-state index contributed by atoms with van der Waals surface area (Å²) in [6.45, 7) is 0. The van der Waals surface area contributed by atoms with E-state index in [2.05, 4.69) is 14.9 Å². The van der Waals surface area contributed by atoms with Gasteiger partial charge in [0.1, 0.15) is 11.3 Å². The summed E-state index contributed by atoms with van der Waals surface area (Å²) in [6.07, 6.45) is 0.260. The van der Waals surface area contributed by atoms with E-state index in [1.807, 2.05) is 36.4 Å². The molecule has 0 bridgehead atoms. The Kier molecular flexibility index (Phi) is 3.24. The third-order valence-electron chi connectivity index (χ3n) is 3.46. The van der Waals surface area contributed by atoms with Crippen molar-refractivity contribution in [2.24, 2.45) is 0 Å². The second-order valence-electron chi connectivity index (χ2n) is 5.04. The van der Waals surface area contributed by atoms with Crippen molar-refractivity contribution in [3.63, 3.8) is 0 Å². The molecule has 0 radical (unpaired) electrons. The average Bonchev–Trinajstić information content (AvgIpc) is 3.20. The molecule has 0 aliphatic rings. The van der Waals surface area contributed by atoms with Crippen LogP contribution in [0.5, 0.6) is 5.95 Å². The molecule has 2 aromatic carbocycles. The highest BCUT2D eigenvalue weighted by atomic mass is 16.7. The highest BCUT2D eigenvalue weighted by Gasteiger charge is 2.11. The van der Waals surface area contributed by atoms with E-state index in [0.29, 0.717) is 11.3 Å². The minimum absolute atomic E-state index is 0.0759. The van der Waals surface area contributed by atoms with E-state index in [-0.39, 0.29) is 5.95 Å². The fourth-order valence-electron chi connectivity index (χ4n) is 2.38. The quantitative estimate of drug-likeness (QED) is 0.578. The normalized spacial score (nSPS) is 10.8. The number of carbonyl (C=O) groups is 1. The van der Waals surface area contributed by atoms with Crippen LogP contribution in [-0.4, -0.2) is 26.3 Å². The molecule has 2 heterocycles. The second kappa shape index (κ2) is 5.54. The van der Waals surface area contributed by atoms with Crippen molar-refractivity contribution in [1.29, 1.82) is 0 Å². The molecule has 0 saturated carbocycles. The zero-order valence-electron chi connectivity index (χ0n) is 12.3. The molecule has 0 atom stereocenters. The SMILES string of the molecule is O=C(O)Oc1cc2ccc(-n3ncc(-c4ccccc4)n3)cc2o1. The van der Waals surface area contributed by atoms with Crippen LogP contribution >= 0.6 is 0 Å². The molecule has 7 heteroatoms. The number of benzene rings is 2. The van der Waals surface area contributed by atoms with Crippen molar-refractivity contribution in [3.8, 4) is 22.9 Å². The first kappa shape index (κ1) is 14.0. The first-order chi connectivity index (χ1) is 11.7. The van der Waals surface area contributed by atoms with E-state index in [0.717, 1.165) is 16.6 Å². The molecule has 4 aromatic rings. The van der Waals surface area contributed by atoms with Crippen molar-refractivity contribution in [3.05, 3.63) is 60.8 Å². The molecule has 2 aromatic heterocycles. The van der Waals surface area contributed by atoms with Crippen LogP contribution in [0.4, 0.5) is 4.79 Å². The van der Waals surface area contributed by atoms with Crippen molar-refractivity contribution in [1.82, 2.24) is 15.0 Å². The molecule has 118 valence electrons. The average molecular weight is 321 g/mol. The van der Waals surface area contributed by atoms with Gasteiger partial charge in [0.15, 0.2) is 0 Å². The van der Waals surface area contributed by atoms with E-state index in [1.54, 1.807) is 18.3 Å². The number of furan rings is 1. The molecule has 24 heavy (non-hydrogen) atoms. The van der Waals surface area contributed by atoms with Crippen LogP contribution in [0.3, 0.4) is 0 Å². The third kappa shape index (κ3) is 2.58. The van der Waals surface area contributed by atoms with Gasteiger partial charge in [0, 0.05) is 23.1 Å². The topological polar surface area (TPSA) is 90.4 Å². The summed E-state index contributed by atoms with van der Waals surface area (Å²) < 4.78 is 9.88. The van der Waals surface area contributed by atoms with E-state index in [4.69, 9.17) is 9.52 Å². The van der Waals surface area contributed by atoms with Crippen molar-refractivity contribution >= 4 is 17.1 Å². The van der Waals surface area contributed by atoms with Crippen molar-refractivity contribution < 1.29 is 19.1 Å². The van der Waals surface area contributed by atoms with Gasteiger partial charge in [0.2, 0.25) is 0 Å². The lowest BCUT2D eigenvalue weighted by Crippen LogP contribution is -2.01. The number of carboxylic acid groups (broad SMARTS) is 1. The second-order valence-corrected chi connectivity index (χ2v) is 5.04. The minimum atomic E-state index is -1.42. The largest absolute Gasteiger partial charge is 0.513 e. The molecule has 0 aliphatic heterocycles. The molecular weight excluding hydrogens is 310 g/mol. The Hall–Kier alpha value is -3.61. The first-order valence-electron chi connectivity index (χ1n) is 7.11. The van der Waals surface area contributed by atoms with Gasteiger partial charge in [-0.15, -0.1) is 5.10 Å². The molecular formula is C17H11N3O4. The van der Waals surface area contributed by atoms with Crippen LogP contribution in [0.15, 0.2) is 65.2 Å². The third-order valence-corrected chi connectivity index (χ3v) is 3.46.